The van der Waals surface area contributed by atoms with Crippen molar-refractivity contribution in [2.75, 3.05) is 27.4 Å². The van der Waals surface area contributed by atoms with Crippen LogP contribution in [0.1, 0.15) is 33.0 Å². The Hall–Kier alpha value is -3.02. The lowest BCUT2D eigenvalue weighted by Gasteiger charge is -2.50. The summed E-state index contributed by atoms with van der Waals surface area (Å²) in [5.41, 5.74) is 2.45. The van der Waals surface area contributed by atoms with Crippen LogP contribution in [0.15, 0.2) is 36.4 Å². The van der Waals surface area contributed by atoms with Gasteiger partial charge in [-0.15, -0.1) is 0 Å². The van der Waals surface area contributed by atoms with Crippen LogP contribution in [0.5, 0.6) is 11.5 Å². The minimum atomic E-state index is -0.838. The number of hydrogen-bond acceptors (Lipinski definition) is 5. The Kier molecular flexibility index (Phi) is 3.29. The Morgan fingerprint density at radius 1 is 1.11 bits per heavy atom. The molecular weight excluding hydrogens is 346 g/mol. The lowest BCUT2D eigenvalue weighted by Crippen LogP contribution is -2.59. The van der Waals surface area contributed by atoms with E-state index in [4.69, 9.17) is 14.2 Å². The molecule has 0 saturated carbocycles. The van der Waals surface area contributed by atoms with E-state index in [2.05, 4.69) is 0 Å². The molecular formula is C21H19NO5. The Balaban J connectivity index is 1.81. The quantitative estimate of drug-likeness (QED) is 0.764. The van der Waals surface area contributed by atoms with Gasteiger partial charge in [-0.3, -0.25) is 9.59 Å². The number of benzene rings is 2. The lowest BCUT2D eigenvalue weighted by molar-refractivity contribution is -0.139. The SMILES string of the molecule is COc1cc2c(cc1OC)[C@@]13COC(=O)[C@@H]1c1ccccc1C(=O)N3CC2. The average molecular weight is 365 g/mol. The van der Waals surface area contributed by atoms with Gasteiger partial charge in [0.05, 0.1) is 14.2 Å². The molecule has 138 valence electrons. The van der Waals surface area contributed by atoms with E-state index in [0.717, 1.165) is 16.7 Å². The fourth-order valence-electron chi connectivity index (χ4n) is 4.87. The molecule has 0 N–H and O–H groups in total. The molecule has 1 saturated heterocycles. The molecule has 2 aromatic rings. The van der Waals surface area contributed by atoms with Crippen LogP contribution >= 0.6 is 0 Å². The van der Waals surface area contributed by atoms with Gasteiger partial charge in [0.25, 0.3) is 5.91 Å². The van der Waals surface area contributed by atoms with Crippen LogP contribution in [-0.4, -0.2) is 44.1 Å². The Morgan fingerprint density at radius 2 is 1.85 bits per heavy atom. The maximum Gasteiger partial charge on any atom is 0.316 e. The monoisotopic (exact) mass is 365 g/mol. The van der Waals surface area contributed by atoms with Gasteiger partial charge in [-0.25, -0.2) is 0 Å². The topological polar surface area (TPSA) is 65.1 Å². The summed E-state index contributed by atoms with van der Waals surface area (Å²) in [6.07, 6.45) is 0.687. The highest BCUT2D eigenvalue weighted by Gasteiger charge is 2.62. The van der Waals surface area contributed by atoms with Crippen molar-refractivity contribution in [1.29, 1.82) is 0 Å². The number of ether oxygens (including phenoxy) is 3. The number of rotatable bonds is 2. The van der Waals surface area contributed by atoms with Gasteiger partial charge in [-0.2, -0.15) is 0 Å². The van der Waals surface area contributed by atoms with Gasteiger partial charge in [0.15, 0.2) is 11.5 Å². The van der Waals surface area contributed by atoms with E-state index in [1.165, 1.54) is 0 Å². The zero-order chi connectivity index (χ0) is 18.8. The summed E-state index contributed by atoms with van der Waals surface area (Å²) < 4.78 is 16.5. The first-order chi connectivity index (χ1) is 13.1. The van der Waals surface area contributed by atoms with E-state index < -0.39 is 11.5 Å². The van der Waals surface area contributed by atoms with Crippen LogP contribution in [0.3, 0.4) is 0 Å². The summed E-state index contributed by atoms with van der Waals surface area (Å²) in [6.45, 7) is 0.682. The van der Waals surface area contributed by atoms with Gasteiger partial charge in [0.1, 0.15) is 18.1 Å². The molecule has 2 aromatic carbocycles. The van der Waals surface area contributed by atoms with Gasteiger partial charge in [0.2, 0.25) is 0 Å². The summed E-state index contributed by atoms with van der Waals surface area (Å²) in [5, 5.41) is 0. The first-order valence-electron chi connectivity index (χ1n) is 8.94. The first-order valence-corrected chi connectivity index (χ1v) is 8.94. The molecule has 0 aliphatic carbocycles. The summed E-state index contributed by atoms with van der Waals surface area (Å²) in [5.74, 6) is 0.342. The van der Waals surface area contributed by atoms with Crippen molar-refractivity contribution in [2.24, 2.45) is 0 Å². The summed E-state index contributed by atoms with van der Waals surface area (Å²) >= 11 is 0. The molecule has 0 radical (unpaired) electrons. The molecule has 3 aliphatic rings. The normalized spacial score (nSPS) is 25.1. The minimum absolute atomic E-state index is 0.0550. The van der Waals surface area contributed by atoms with Crippen LogP contribution in [0.25, 0.3) is 0 Å². The van der Waals surface area contributed by atoms with Crippen molar-refractivity contribution in [3.63, 3.8) is 0 Å². The second-order valence-electron chi connectivity index (χ2n) is 7.12. The molecule has 2 atom stereocenters. The Morgan fingerprint density at radius 3 is 2.63 bits per heavy atom. The fourth-order valence-corrected chi connectivity index (χ4v) is 4.87. The maximum atomic E-state index is 13.3. The number of amides is 1. The number of carbonyl (C=O) groups excluding carboxylic acids is 2. The summed E-state index contributed by atoms with van der Waals surface area (Å²) in [4.78, 5) is 27.9. The lowest BCUT2D eigenvalue weighted by atomic mass is 9.67. The molecule has 3 heterocycles. The number of carbonyl (C=O) groups is 2. The second kappa shape index (κ2) is 5.49. The van der Waals surface area contributed by atoms with Gasteiger partial charge in [-0.1, -0.05) is 18.2 Å². The number of esters is 1. The Labute approximate surface area is 156 Å². The standard InChI is InChI=1S/C21H19NO5/c1-25-16-9-12-7-8-22-19(23)14-6-4-3-5-13(14)18-20(24)27-11-21(18,22)15(12)10-17(16)26-2/h3-6,9-10,18H,7-8,11H2,1-2H3/t18-,21-/m0/s1. The molecule has 1 fully saturated rings. The summed E-state index contributed by atoms with van der Waals surface area (Å²) in [7, 11) is 3.18. The predicted molar refractivity (Wildman–Crippen MR) is 96.1 cm³/mol. The van der Waals surface area contributed by atoms with Crippen molar-refractivity contribution in [3.8, 4) is 11.5 Å². The highest BCUT2D eigenvalue weighted by Crippen LogP contribution is 2.55. The smallest absolute Gasteiger partial charge is 0.316 e. The first kappa shape index (κ1) is 16.2. The van der Waals surface area contributed by atoms with E-state index in [9.17, 15) is 9.59 Å². The fraction of sp³-hybridized carbons (Fsp3) is 0.333. The predicted octanol–water partition coefficient (Wildman–Crippen LogP) is 2.25. The molecule has 6 nitrogen and oxygen atoms in total. The van der Waals surface area contributed by atoms with Crippen LogP contribution in [0.4, 0.5) is 0 Å². The van der Waals surface area contributed by atoms with Crippen molar-refractivity contribution < 1.29 is 23.8 Å². The third-order valence-corrected chi connectivity index (χ3v) is 6.06. The molecule has 0 unspecified atom stereocenters. The molecule has 27 heavy (non-hydrogen) atoms. The largest absolute Gasteiger partial charge is 0.493 e. The Bertz CT molecular complexity index is 985. The van der Waals surface area contributed by atoms with Crippen LogP contribution in [0, 0.1) is 0 Å². The maximum absolute atomic E-state index is 13.3. The molecule has 5 rings (SSSR count). The summed E-state index contributed by atoms with van der Waals surface area (Å²) in [6, 6.07) is 11.2. The average Bonchev–Trinajstić information content (AvgIpc) is 3.05. The van der Waals surface area contributed by atoms with E-state index in [1.807, 2.05) is 35.2 Å². The van der Waals surface area contributed by atoms with Crippen LogP contribution in [-0.2, 0) is 21.5 Å². The highest BCUT2D eigenvalue weighted by atomic mass is 16.5. The van der Waals surface area contributed by atoms with Crippen molar-refractivity contribution >= 4 is 11.9 Å². The molecule has 0 bridgehead atoms. The van der Waals surface area contributed by atoms with Gasteiger partial charge in [-0.05, 0) is 41.3 Å². The van der Waals surface area contributed by atoms with Crippen molar-refractivity contribution in [3.05, 3.63) is 58.7 Å². The third-order valence-electron chi connectivity index (χ3n) is 6.06. The molecule has 6 heteroatoms. The van der Waals surface area contributed by atoms with E-state index in [-0.39, 0.29) is 18.5 Å². The van der Waals surface area contributed by atoms with Crippen LogP contribution < -0.4 is 9.47 Å². The zero-order valence-corrected chi connectivity index (χ0v) is 15.2. The molecule has 1 spiro atoms. The highest BCUT2D eigenvalue weighted by molar-refractivity contribution is 6.02. The van der Waals surface area contributed by atoms with Gasteiger partial charge in [0, 0.05) is 12.1 Å². The number of nitrogens with zero attached hydrogens (tertiary/aromatic N) is 1. The van der Waals surface area contributed by atoms with E-state index >= 15 is 0 Å². The minimum Gasteiger partial charge on any atom is -0.493 e. The molecule has 0 aromatic heterocycles. The van der Waals surface area contributed by atoms with Crippen molar-refractivity contribution in [1.82, 2.24) is 4.90 Å². The second-order valence-corrected chi connectivity index (χ2v) is 7.12. The number of fused-ring (bicyclic) bond motifs is 3. The number of cyclic esters (lactones) is 1. The zero-order valence-electron chi connectivity index (χ0n) is 15.2. The van der Waals surface area contributed by atoms with Gasteiger partial charge >= 0.3 is 5.97 Å². The molecule has 1 amide bonds. The van der Waals surface area contributed by atoms with E-state index in [1.54, 1.807) is 20.3 Å². The van der Waals surface area contributed by atoms with Gasteiger partial charge < -0.3 is 19.1 Å². The van der Waals surface area contributed by atoms with Crippen LogP contribution in [0.2, 0.25) is 0 Å². The number of methoxy groups -OCH3 is 2. The number of hydrogen-bond donors (Lipinski definition) is 0. The van der Waals surface area contributed by atoms with E-state index in [0.29, 0.717) is 30.0 Å². The third kappa shape index (κ3) is 1.90. The van der Waals surface area contributed by atoms with Crippen molar-refractivity contribution in [2.45, 2.75) is 17.9 Å². The molecule has 3 aliphatic heterocycles.